The number of halogens is 1. The van der Waals surface area contributed by atoms with E-state index >= 15 is 0 Å². The highest BCUT2D eigenvalue weighted by Crippen LogP contribution is 2.55. The first kappa shape index (κ1) is 9.17. The van der Waals surface area contributed by atoms with E-state index in [4.69, 9.17) is 0 Å². The topological polar surface area (TPSA) is 0 Å². The fourth-order valence-corrected chi connectivity index (χ4v) is 7.64. The Morgan fingerprint density at radius 3 is 2.30 bits per heavy atom. The van der Waals surface area contributed by atoms with Gasteiger partial charge in [0.15, 0.2) is 0 Å². The van der Waals surface area contributed by atoms with Gasteiger partial charge in [0.05, 0.1) is 0 Å². The fraction of sp³-hybridized carbons (Fsp3) is 1.00. The molecule has 1 aliphatic rings. The molecule has 1 heterocycles. The minimum absolute atomic E-state index is 0.194. The summed E-state index contributed by atoms with van der Waals surface area (Å²) in [6.07, 6.45) is 7.98. The van der Waals surface area contributed by atoms with Gasteiger partial charge in [-0.3, -0.25) is 0 Å². The van der Waals surface area contributed by atoms with Crippen LogP contribution < -0.4 is 0 Å². The van der Waals surface area contributed by atoms with Gasteiger partial charge in [0.2, 0.25) is 0 Å². The summed E-state index contributed by atoms with van der Waals surface area (Å²) in [7, 11) is -0.194. The molecule has 1 aliphatic heterocycles. The maximum Gasteiger partial charge on any atom is 0.0186 e. The van der Waals surface area contributed by atoms with Crippen LogP contribution in [0.25, 0.3) is 0 Å². The molecule has 1 fully saturated rings. The van der Waals surface area contributed by atoms with Crippen molar-refractivity contribution in [3.05, 3.63) is 0 Å². The molecule has 1 saturated heterocycles. The molecule has 0 aromatic rings. The van der Waals surface area contributed by atoms with Crippen molar-refractivity contribution in [2.75, 3.05) is 18.3 Å². The second kappa shape index (κ2) is 3.21. The molecular weight excluding hydrogens is 255 g/mol. The van der Waals surface area contributed by atoms with Gasteiger partial charge in [-0.1, -0.05) is 29.5 Å². The van der Waals surface area contributed by atoms with Crippen LogP contribution in [0.15, 0.2) is 0 Å². The van der Waals surface area contributed by atoms with Crippen LogP contribution in [0.1, 0.15) is 19.8 Å². The van der Waals surface area contributed by atoms with Crippen molar-refractivity contribution in [1.82, 2.24) is 0 Å². The van der Waals surface area contributed by atoms with Crippen molar-refractivity contribution in [3.8, 4) is 0 Å². The molecular formula is C8H17IS. The molecule has 0 radical (unpaired) electrons. The van der Waals surface area contributed by atoms with E-state index in [2.05, 4.69) is 42.0 Å². The van der Waals surface area contributed by atoms with E-state index in [1.807, 2.05) is 0 Å². The van der Waals surface area contributed by atoms with Gasteiger partial charge in [0.1, 0.15) is 0 Å². The van der Waals surface area contributed by atoms with Gasteiger partial charge in [0, 0.05) is 3.92 Å². The first-order valence-corrected chi connectivity index (χ1v) is 7.81. The number of alkyl halides is 1. The van der Waals surface area contributed by atoms with Gasteiger partial charge in [-0.25, -0.2) is 10.0 Å². The summed E-state index contributed by atoms with van der Waals surface area (Å²) in [5.41, 5.74) is 0. The molecule has 2 atom stereocenters. The highest BCUT2D eigenvalue weighted by molar-refractivity contribution is 14.1. The molecule has 0 spiro atoms. The van der Waals surface area contributed by atoms with Crippen molar-refractivity contribution < 1.29 is 0 Å². The van der Waals surface area contributed by atoms with E-state index in [0.29, 0.717) is 0 Å². The molecule has 0 saturated carbocycles. The Bertz CT molecular complexity index is 120. The standard InChI is InChI=1S/C8H17IS/c1-7(9)8-5-4-6-10(8,2)3/h7-8H,4-6H2,1-3H3. The molecule has 62 valence electrons. The average Bonchev–Trinajstić information content (AvgIpc) is 2.08. The average molecular weight is 272 g/mol. The molecule has 1 rings (SSSR count). The highest BCUT2D eigenvalue weighted by atomic mass is 127. The Labute approximate surface area is 79.6 Å². The zero-order valence-electron chi connectivity index (χ0n) is 7.06. The Morgan fingerprint density at radius 2 is 2.10 bits per heavy atom. The first-order chi connectivity index (χ1) is 4.54. The lowest BCUT2D eigenvalue weighted by Crippen LogP contribution is -2.19. The molecule has 2 heteroatoms. The molecule has 0 aliphatic carbocycles. The normalized spacial score (nSPS) is 37.4. The van der Waals surface area contributed by atoms with Gasteiger partial charge in [-0.2, -0.15) is 0 Å². The summed E-state index contributed by atoms with van der Waals surface area (Å²) in [5, 5.41) is 1.05. The van der Waals surface area contributed by atoms with Crippen LogP contribution in [0.4, 0.5) is 0 Å². The Balaban J connectivity index is 2.59. The van der Waals surface area contributed by atoms with Crippen LogP contribution in [0.5, 0.6) is 0 Å². The molecule has 2 unspecified atom stereocenters. The smallest absolute Gasteiger partial charge is 0.0186 e. The number of hydrogen-bond donors (Lipinski definition) is 0. The Hall–Kier alpha value is 1.08. The first-order valence-electron chi connectivity index (χ1n) is 3.88. The minimum Gasteiger partial charge on any atom is -0.243 e. The van der Waals surface area contributed by atoms with E-state index in [1.165, 1.54) is 18.6 Å². The highest BCUT2D eigenvalue weighted by Gasteiger charge is 2.32. The number of hydrogen-bond acceptors (Lipinski definition) is 0. The summed E-state index contributed by atoms with van der Waals surface area (Å²) in [4.78, 5) is 0. The fourth-order valence-electron chi connectivity index (χ4n) is 1.86. The van der Waals surface area contributed by atoms with Crippen molar-refractivity contribution in [1.29, 1.82) is 0 Å². The van der Waals surface area contributed by atoms with Crippen LogP contribution in [0, 0.1) is 0 Å². The lowest BCUT2D eigenvalue weighted by molar-refractivity contribution is 0.783. The SMILES string of the molecule is CC(I)C1CCCS1(C)C. The molecule has 10 heavy (non-hydrogen) atoms. The van der Waals surface area contributed by atoms with Crippen molar-refractivity contribution in [2.24, 2.45) is 0 Å². The van der Waals surface area contributed by atoms with Gasteiger partial charge in [0.25, 0.3) is 0 Å². The number of rotatable bonds is 1. The predicted octanol–water partition coefficient (Wildman–Crippen LogP) is 3.04. The van der Waals surface area contributed by atoms with E-state index in [1.54, 1.807) is 0 Å². The van der Waals surface area contributed by atoms with E-state index in [0.717, 1.165) is 9.17 Å². The van der Waals surface area contributed by atoms with Crippen LogP contribution in [0.3, 0.4) is 0 Å². The molecule has 0 nitrogen and oxygen atoms in total. The lowest BCUT2D eigenvalue weighted by Gasteiger charge is -2.35. The summed E-state index contributed by atoms with van der Waals surface area (Å²) in [6.45, 7) is 2.37. The van der Waals surface area contributed by atoms with E-state index in [9.17, 15) is 0 Å². The van der Waals surface area contributed by atoms with Gasteiger partial charge in [-0.15, -0.1) is 0 Å². The maximum atomic E-state index is 2.59. The van der Waals surface area contributed by atoms with Crippen LogP contribution in [-0.4, -0.2) is 27.4 Å². The van der Waals surface area contributed by atoms with E-state index < -0.39 is 0 Å². The largest absolute Gasteiger partial charge is 0.243 e. The third-order valence-electron chi connectivity index (χ3n) is 2.49. The second-order valence-electron chi connectivity index (χ2n) is 3.69. The quantitative estimate of drug-likeness (QED) is 0.508. The summed E-state index contributed by atoms with van der Waals surface area (Å²) >= 11 is 2.59. The van der Waals surface area contributed by atoms with Crippen molar-refractivity contribution in [3.63, 3.8) is 0 Å². The third kappa shape index (κ3) is 1.81. The van der Waals surface area contributed by atoms with Crippen LogP contribution in [0.2, 0.25) is 0 Å². The summed E-state index contributed by atoms with van der Waals surface area (Å²) in [6, 6.07) is 0. The lowest BCUT2D eigenvalue weighted by atomic mass is 10.2. The van der Waals surface area contributed by atoms with Gasteiger partial charge < -0.3 is 0 Å². The zero-order valence-corrected chi connectivity index (χ0v) is 10.0. The zero-order chi connectivity index (χ0) is 7.78. The van der Waals surface area contributed by atoms with Crippen LogP contribution in [-0.2, 0) is 0 Å². The summed E-state index contributed by atoms with van der Waals surface area (Å²) < 4.78 is 0.894. The third-order valence-corrected chi connectivity index (χ3v) is 7.47. The molecule has 0 aromatic heterocycles. The minimum atomic E-state index is -0.194. The molecule has 0 N–H and O–H groups in total. The van der Waals surface area contributed by atoms with Crippen molar-refractivity contribution >= 4 is 32.6 Å². The van der Waals surface area contributed by atoms with Gasteiger partial charge >= 0.3 is 0 Å². The van der Waals surface area contributed by atoms with Crippen LogP contribution >= 0.6 is 32.6 Å². The summed E-state index contributed by atoms with van der Waals surface area (Å²) in [5.74, 6) is 1.52. The Kier molecular flexibility index (Phi) is 2.95. The van der Waals surface area contributed by atoms with E-state index in [-0.39, 0.29) is 10.0 Å². The maximum absolute atomic E-state index is 2.59. The Morgan fingerprint density at radius 1 is 1.50 bits per heavy atom. The molecule has 0 bridgehead atoms. The monoisotopic (exact) mass is 272 g/mol. The van der Waals surface area contributed by atoms with Crippen molar-refractivity contribution in [2.45, 2.75) is 28.9 Å². The molecule has 0 aromatic carbocycles. The van der Waals surface area contributed by atoms with Gasteiger partial charge in [-0.05, 0) is 36.4 Å². The second-order valence-corrected chi connectivity index (χ2v) is 9.91. The molecule has 0 amide bonds. The predicted molar refractivity (Wildman–Crippen MR) is 60.8 cm³/mol.